The molecule has 0 radical (unpaired) electrons. The molecule has 3 nitrogen and oxygen atoms in total. The number of para-hydroxylation sites is 1. The molecule has 1 aliphatic rings. The summed E-state index contributed by atoms with van der Waals surface area (Å²) in [7, 11) is 0. The van der Waals surface area contributed by atoms with Crippen molar-refractivity contribution < 1.29 is 4.74 Å². The van der Waals surface area contributed by atoms with E-state index < -0.39 is 0 Å². The minimum atomic E-state index is 0.289. The molecule has 0 fully saturated rings. The van der Waals surface area contributed by atoms with Crippen molar-refractivity contribution in [3.63, 3.8) is 0 Å². The molecule has 0 bridgehead atoms. The van der Waals surface area contributed by atoms with Crippen LogP contribution in [-0.4, -0.2) is 16.6 Å². The monoisotopic (exact) mass is 276 g/mol. The zero-order valence-corrected chi connectivity index (χ0v) is 11.6. The number of hydrogen-bond donors (Lipinski definition) is 1. The van der Waals surface area contributed by atoms with Crippen molar-refractivity contribution in [1.82, 2.24) is 9.97 Å². The fourth-order valence-corrected chi connectivity index (χ4v) is 2.81. The molecule has 1 N–H and O–H groups in total. The van der Waals surface area contributed by atoms with Crippen LogP contribution in [0.1, 0.15) is 17.3 Å². The van der Waals surface area contributed by atoms with Crippen LogP contribution in [0.3, 0.4) is 0 Å². The molecular weight excluding hydrogens is 260 g/mol. The fourth-order valence-electron chi connectivity index (χ4n) is 2.81. The zero-order chi connectivity index (χ0) is 14.1. The average molecular weight is 276 g/mol. The van der Waals surface area contributed by atoms with Gasteiger partial charge in [-0.2, -0.15) is 0 Å². The molecule has 2 aromatic carbocycles. The number of fused-ring (bicyclic) bond motifs is 1. The van der Waals surface area contributed by atoms with Crippen molar-refractivity contribution in [3.05, 3.63) is 72.2 Å². The zero-order valence-electron chi connectivity index (χ0n) is 11.6. The quantitative estimate of drug-likeness (QED) is 0.773. The molecule has 4 rings (SSSR count). The van der Waals surface area contributed by atoms with Gasteiger partial charge in [0.05, 0.1) is 18.2 Å². The van der Waals surface area contributed by atoms with Crippen LogP contribution in [0.5, 0.6) is 5.75 Å². The lowest BCUT2D eigenvalue weighted by Crippen LogP contribution is -2.20. The van der Waals surface area contributed by atoms with E-state index >= 15 is 0 Å². The second-order valence-corrected chi connectivity index (χ2v) is 5.36. The van der Waals surface area contributed by atoms with Crippen LogP contribution in [-0.2, 0) is 6.42 Å². The maximum atomic E-state index is 5.85. The molecule has 1 atom stereocenters. The van der Waals surface area contributed by atoms with Crippen molar-refractivity contribution in [3.8, 4) is 17.0 Å². The van der Waals surface area contributed by atoms with Crippen molar-refractivity contribution in [2.24, 2.45) is 0 Å². The topological polar surface area (TPSA) is 37.9 Å². The lowest BCUT2D eigenvalue weighted by atomic mass is 9.96. The van der Waals surface area contributed by atoms with Gasteiger partial charge in [0, 0.05) is 11.8 Å². The molecule has 1 unspecified atom stereocenters. The van der Waals surface area contributed by atoms with Crippen molar-refractivity contribution >= 4 is 0 Å². The van der Waals surface area contributed by atoms with E-state index in [1.807, 2.05) is 36.5 Å². The lowest BCUT2D eigenvalue weighted by Gasteiger charge is -2.23. The Morgan fingerprint density at radius 1 is 1.00 bits per heavy atom. The highest BCUT2D eigenvalue weighted by Crippen LogP contribution is 2.31. The van der Waals surface area contributed by atoms with Crippen LogP contribution in [0.15, 0.2) is 60.8 Å². The number of ether oxygens (including phenoxy) is 1. The number of nitrogens with one attached hydrogen (secondary N) is 1. The van der Waals surface area contributed by atoms with Gasteiger partial charge in [0.2, 0.25) is 0 Å². The van der Waals surface area contributed by atoms with Gasteiger partial charge in [-0.25, -0.2) is 4.98 Å². The molecule has 1 aromatic heterocycles. The summed E-state index contributed by atoms with van der Waals surface area (Å²) < 4.78 is 5.85. The predicted octanol–water partition coefficient (Wildman–Crippen LogP) is 3.80. The van der Waals surface area contributed by atoms with E-state index in [-0.39, 0.29) is 5.92 Å². The summed E-state index contributed by atoms with van der Waals surface area (Å²) in [5, 5.41) is 0. The van der Waals surface area contributed by atoms with Gasteiger partial charge < -0.3 is 9.72 Å². The molecule has 0 aliphatic carbocycles. The Kier molecular flexibility index (Phi) is 2.96. The van der Waals surface area contributed by atoms with Gasteiger partial charge in [-0.1, -0.05) is 48.5 Å². The summed E-state index contributed by atoms with van der Waals surface area (Å²) >= 11 is 0. The predicted molar refractivity (Wildman–Crippen MR) is 82.4 cm³/mol. The second kappa shape index (κ2) is 5.09. The third kappa shape index (κ3) is 2.31. The van der Waals surface area contributed by atoms with E-state index in [2.05, 4.69) is 29.2 Å². The van der Waals surface area contributed by atoms with Crippen LogP contribution in [0.25, 0.3) is 11.3 Å². The Bertz CT molecular complexity index is 749. The number of nitrogens with zero attached hydrogens (tertiary/aromatic N) is 1. The molecular formula is C18H16N2O. The SMILES string of the molecule is c1ccc(-c2c[nH]c(C3COc4ccccc4C3)n2)cc1. The Labute approximate surface area is 123 Å². The van der Waals surface area contributed by atoms with E-state index in [0.717, 1.165) is 29.3 Å². The number of rotatable bonds is 2. The second-order valence-electron chi connectivity index (χ2n) is 5.36. The lowest BCUT2D eigenvalue weighted by molar-refractivity contribution is 0.258. The van der Waals surface area contributed by atoms with Gasteiger partial charge in [0.25, 0.3) is 0 Å². The normalized spacial score (nSPS) is 17.0. The highest BCUT2D eigenvalue weighted by molar-refractivity contribution is 5.58. The standard InChI is InChI=1S/C18H16N2O/c1-2-6-13(7-3-1)16-11-19-18(20-16)15-10-14-8-4-5-9-17(14)21-12-15/h1-9,11,15H,10,12H2,(H,19,20). The fraction of sp³-hybridized carbons (Fsp3) is 0.167. The molecule has 3 aromatic rings. The van der Waals surface area contributed by atoms with Crippen molar-refractivity contribution in [2.75, 3.05) is 6.61 Å². The van der Waals surface area contributed by atoms with Crippen LogP contribution in [0, 0.1) is 0 Å². The summed E-state index contributed by atoms with van der Waals surface area (Å²) in [4.78, 5) is 8.06. The Balaban J connectivity index is 1.60. The third-order valence-electron chi connectivity index (χ3n) is 3.93. The van der Waals surface area contributed by atoms with Gasteiger partial charge in [0.1, 0.15) is 11.6 Å². The molecule has 0 saturated heterocycles. The van der Waals surface area contributed by atoms with Gasteiger partial charge in [-0.15, -0.1) is 0 Å². The van der Waals surface area contributed by atoms with E-state index in [1.165, 1.54) is 5.56 Å². The summed E-state index contributed by atoms with van der Waals surface area (Å²) in [5.41, 5.74) is 3.38. The Morgan fingerprint density at radius 2 is 1.81 bits per heavy atom. The van der Waals surface area contributed by atoms with Crippen molar-refractivity contribution in [1.29, 1.82) is 0 Å². The highest BCUT2D eigenvalue weighted by atomic mass is 16.5. The van der Waals surface area contributed by atoms with E-state index in [0.29, 0.717) is 6.61 Å². The summed E-state index contributed by atoms with van der Waals surface area (Å²) in [5.74, 6) is 2.30. The summed E-state index contributed by atoms with van der Waals surface area (Å²) in [6.07, 6.45) is 2.95. The molecule has 104 valence electrons. The first-order valence-electron chi connectivity index (χ1n) is 7.21. The third-order valence-corrected chi connectivity index (χ3v) is 3.93. The number of aromatic amines is 1. The molecule has 0 amide bonds. The average Bonchev–Trinajstić information content (AvgIpc) is 3.05. The van der Waals surface area contributed by atoms with Crippen molar-refractivity contribution in [2.45, 2.75) is 12.3 Å². The first kappa shape index (κ1) is 12.2. The highest BCUT2D eigenvalue weighted by Gasteiger charge is 2.23. The Hall–Kier alpha value is -2.55. The minimum Gasteiger partial charge on any atom is -0.493 e. The van der Waals surface area contributed by atoms with E-state index in [9.17, 15) is 0 Å². The van der Waals surface area contributed by atoms with Crippen LogP contribution < -0.4 is 4.74 Å². The summed E-state index contributed by atoms with van der Waals surface area (Å²) in [6, 6.07) is 18.5. The number of imidazole rings is 1. The number of aromatic nitrogens is 2. The van der Waals surface area contributed by atoms with Gasteiger partial charge in [-0.3, -0.25) is 0 Å². The first-order chi connectivity index (χ1) is 10.4. The van der Waals surface area contributed by atoms with Crippen LogP contribution >= 0.6 is 0 Å². The van der Waals surface area contributed by atoms with E-state index in [4.69, 9.17) is 9.72 Å². The molecule has 3 heteroatoms. The maximum absolute atomic E-state index is 5.85. The Morgan fingerprint density at radius 3 is 2.71 bits per heavy atom. The van der Waals surface area contributed by atoms with Crippen LogP contribution in [0.2, 0.25) is 0 Å². The molecule has 2 heterocycles. The molecule has 21 heavy (non-hydrogen) atoms. The maximum Gasteiger partial charge on any atom is 0.122 e. The number of H-pyrrole nitrogens is 1. The largest absolute Gasteiger partial charge is 0.493 e. The smallest absolute Gasteiger partial charge is 0.122 e. The minimum absolute atomic E-state index is 0.289. The first-order valence-corrected chi connectivity index (χ1v) is 7.21. The van der Waals surface area contributed by atoms with Crippen LogP contribution in [0.4, 0.5) is 0 Å². The molecule has 0 saturated carbocycles. The summed E-state index contributed by atoms with van der Waals surface area (Å²) in [6.45, 7) is 0.679. The molecule has 0 spiro atoms. The van der Waals surface area contributed by atoms with Gasteiger partial charge in [-0.05, 0) is 18.1 Å². The van der Waals surface area contributed by atoms with E-state index in [1.54, 1.807) is 0 Å². The van der Waals surface area contributed by atoms with Gasteiger partial charge >= 0.3 is 0 Å². The molecule has 1 aliphatic heterocycles. The number of benzene rings is 2. The number of hydrogen-bond acceptors (Lipinski definition) is 2. The van der Waals surface area contributed by atoms with Gasteiger partial charge in [0.15, 0.2) is 0 Å².